The molecule has 0 radical (unpaired) electrons. The monoisotopic (exact) mass is 465 g/mol. The second-order valence-electron chi connectivity index (χ2n) is 9.64. The number of nitrogens with one attached hydrogen (secondary N) is 1. The molecule has 1 saturated carbocycles. The molecule has 4 aromatic carbocycles. The fourth-order valence-electron chi connectivity index (χ4n) is 5.43. The minimum atomic E-state index is -0.416. The highest BCUT2D eigenvalue weighted by Gasteiger charge is 2.25. The van der Waals surface area contributed by atoms with Crippen molar-refractivity contribution in [2.75, 3.05) is 7.11 Å². The molecule has 5 rings (SSSR count). The maximum Gasteiger partial charge on any atom is 0.338 e. The van der Waals surface area contributed by atoms with Crippen molar-refractivity contribution in [3.05, 3.63) is 83.9 Å². The van der Waals surface area contributed by atoms with Crippen molar-refractivity contribution >= 4 is 33.4 Å². The zero-order chi connectivity index (χ0) is 24.4. The Morgan fingerprint density at radius 3 is 1.80 bits per heavy atom. The molecule has 4 heteroatoms. The summed E-state index contributed by atoms with van der Waals surface area (Å²) in [6.07, 6.45) is 6.05. The molecule has 0 aliphatic heterocycles. The lowest BCUT2D eigenvalue weighted by molar-refractivity contribution is 0.0601. The molecule has 1 aliphatic rings. The maximum absolute atomic E-state index is 13.7. The first-order valence-corrected chi connectivity index (χ1v) is 12.5. The van der Waals surface area contributed by atoms with E-state index in [-0.39, 0.29) is 11.9 Å². The van der Waals surface area contributed by atoms with Crippen LogP contribution in [0.15, 0.2) is 72.8 Å². The van der Waals surface area contributed by atoms with Gasteiger partial charge in [0.15, 0.2) is 0 Å². The molecule has 1 N–H and O–H groups in total. The third kappa shape index (κ3) is 4.66. The first kappa shape index (κ1) is 23.1. The molecule has 178 valence electrons. The van der Waals surface area contributed by atoms with Crippen molar-refractivity contribution in [1.29, 1.82) is 0 Å². The topological polar surface area (TPSA) is 55.4 Å². The Morgan fingerprint density at radius 2 is 1.26 bits per heavy atom. The SMILES string of the molecule is COC(=O)c1cc2ccccc2cc1-c1cc2ccccc2cc1C(=O)N[C@H](C)C1CCCCC1. The highest BCUT2D eigenvalue weighted by Crippen LogP contribution is 2.35. The smallest absolute Gasteiger partial charge is 0.338 e. The van der Waals surface area contributed by atoms with Gasteiger partial charge >= 0.3 is 5.97 Å². The van der Waals surface area contributed by atoms with Crippen molar-refractivity contribution in [3.8, 4) is 11.1 Å². The van der Waals surface area contributed by atoms with Gasteiger partial charge in [-0.1, -0.05) is 67.8 Å². The van der Waals surface area contributed by atoms with Crippen molar-refractivity contribution in [3.63, 3.8) is 0 Å². The molecule has 4 nitrogen and oxygen atoms in total. The Bertz CT molecular complexity index is 1400. The van der Waals surface area contributed by atoms with Crippen molar-refractivity contribution in [2.45, 2.75) is 45.1 Å². The van der Waals surface area contributed by atoms with E-state index in [9.17, 15) is 9.59 Å². The summed E-state index contributed by atoms with van der Waals surface area (Å²) in [5.41, 5.74) is 2.47. The van der Waals surface area contributed by atoms with E-state index in [1.807, 2.05) is 72.8 Å². The Morgan fingerprint density at radius 1 is 0.771 bits per heavy atom. The van der Waals surface area contributed by atoms with Gasteiger partial charge in [-0.3, -0.25) is 4.79 Å². The van der Waals surface area contributed by atoms with E-state index >= 15 is 0 Å². The Labute approximate surface area is 206 Å². The van der Waals surface area contributed by atoms with Crippen LogP contribution in [0.4, 0.5) is 0 Å². The zero-order valence-electron chi connectivity index (χ0n) is 20.3. The zero-order valence-corrected chi connectivity index (χ0v) is 20.3. The van der Waals surface area contributed by atoms with Crippen LogP contribution in [0.1, 0.15) is 59.7 Å². The third-order valence-electron chi connectivity index (χ3n) is 7.43. The predicted octanol–water partition coefficient (Wildman–Crippen LogP) is 7.15. The number of carbonyl (C=O) groups excluding carboxylic acids is 2. The molecular formula is C31H31NO3. The van der Waals surface area contributed by atoms with Gasteiger partial charge in [0.2, 0.25) is 0 Å². The molecule has 0 unspecified atom stereocenters. The molecule has 1 atom stereocenters. The lowest BCUT2D eigenvalue weighted by Gasteiger charge is -2.28. The van der Waals surface area contributed by atoms with Crippen LogP contribution < -0.4 is 5.32 Å². The van der Waals surface area contributed by atoms with Crippen LogP contribution in [0, 0.1) is 5.92 Å². The molecule has 0 spiro atoms. The first-order chi connectivity index (χ1) is 17.0. The third-order valence-corrected chi connectivity index (χ3v) is 7.43. The van der Waals surface area contributed by atoms with Gasteiger partial charge in [0.05, 0.1) is 12.7 Å². The van der Waals surface area contributed by atoms with Gasteiger partial charge in [-0.05, 0) is 82.6 Å². The van der Waals surface area contributed by atoms with Gasteiger partial charge in [0.1, 0.15) is 0 Å². The number of methoxy groups -OCH3 is 1. The molecule has 0 aromatic heterocycles. The van der Waals surface area contributed by atoms with Crippen LogP contribution in [0.5, 0.6) is 0 Å². The highest BCUT2D eigenvalue weighted by atomic mass is 16.5. The van der Waals surface area contributed by atoms with Crippen LogP contribution in [0.25, 0.3) is 32.7 Å². The fraction of sp³-hybridized carbons (Fsp3) is 0.290. The molecule has 0 bridgehead atoms. The molecule has 1 amide bonds. The molecule has 1 fully saturated rings. The summed E-state index contributed by atoms with van der Waals surface area (Å²) < 4.78 is 5.14. The number of benzene rings is 4. The number of carbonyl (C=O) groups is 2. The Hall–Kier alpha value is -3.66. The Kier molecular flexibility index (Phi) is 6.54. The van der Waals surface area contributed by atoms with E-state index in [0.29, 0.717) is 22.6 Å². The normalized spacial score (nSPS) is 15.1. The summed E-state index contributed by atoms with van der Waals surface area (Å²) >= 11 is 0. The van der Waals surface area contributed by atoms with Gasteiger partial charge in [-0.2, -0.15) is 0 Å². The molecular weight excluding hydrogens is 434 g/mol. The van der Waals surface area contributed by atoms with Crippen molar-refractivity contribution in [2.24, 2.45) is 5.92 Å². The summed E-state index contributed by atoms with van der Waals surface area (Å²) in [5.74, 6) is -0.0171. The molecule has 1 aliphatic carbocycles. The summed E-state index contributed by atoms with van der Waals surface area (Å²) in [4.78, 5) is 26.6. The number of rotatable bonds is 5. The molecule has 4 aromatic rings. The van der Waals surface area contributed by atoms with Crippen LogP contribution in [0.2, 0.25) is 0 Å². The van der Waals surface area contributed by atoms with Gasteiger partial charge in [-0.15, -0.1) is 0 Å². The van der Waals surface area contributed by atoms with Crippen LogP contribution in [-0.2, 0) is 4.74 Å². The Balaban J connectivity index is 1.66. The summed E-state index contributed by atoms with van der Waals surface area (Å²) in [7, 11) is 1.39. The van der Waals surface area contributed by atoms with Crippen LogP contribution >= 0.6 is 0 Å². The lowest BCUT2D eigenvalue weighted by atomic mass is 9.84. The first-order valence-electron chi connectivity index (χ1n) is 12.5. The maximum atomic E-state index is 13.7. The van der Waals surface area contributed by atoms with Gasteiger partial charge < -0.3 is 10.1 Å². The minimum Gasteiger partial charge on any atom is -0.465 e. The largest absolute Gasteiger partial charge is 0.465 e. The van der Waals surface area contributed by atoms with Crippen LogP contribution in [-0.4, -0.2) is 25.0 Å². The highest BCUT2D eigenvalue weighted by molar-refractivity contribution is 6.10. The summed E-state index contributed by atoms with van der Waals surface area (Å²) in [5, 5.41) is 7.25. The standard InChI is InChI=1S/C31H31NO3/c1-20(21-10-4-3-5-11-21)32-30(33)28-18-24-14-8-6-12-22(24)16-26(28)27-17-23-13-7-9-15-25(23)19-29(27)31(34)35-2/h6-9,12-21H,3-5,10-11H2,1-2H3,(H,32,33)/t20-/m1/s1. The second kappa shape index (κ2) is 9.91. The molecule has 0 saturated heterocycles. The van der Waals surface area contributed by atoms with E-state index in [4.69, 9.17) is 4.74 Å². The van der Waals surface area contributed by atoms with E-state index in [1.54, 1.807) is 0 Å². The number of hydrogen-bond donors (Lipinski definition) is 1. The number of amides is 1. The summed E-state index contributed by atoms with van der Waals surface area (Å²) in [6, 6.07) is 23.8. The average Bonchev–Trinajstić information content (AvgIpc) is 2.91. The number of fused-ring (bicyclic) bond motifs is 2. The van der Waals surface area contributed by atoms with Crippen molar-refractivity contribution < 1.29 is 14.3 Å². The van der Waals surface area contributed by atoms with E-state index in [2.05, 4.69) is 12.2 Å². The van der Waals surface area contributed by atoms with Crippen molar-refractivity contribution in [1.82, 2.24) is 5.32 Å². The van der Waals surface area contributed by atoms with Crippen LogP contribution in [0.3, 0.4) is 0 Å². The predicted molar refractivity (Wildman–Crippen MR) is 142 cm³/mol. The van der Waals surface area contributed by atoms with Gasteiger partial charge in [-0.25, -0.2) is 4.79 Å². The second-order valence-corrected chi connectivity index (χ2v) is 9.64. The summed E-state index contributed by atoms with van der Waals surface area (Å²) in [6.45, 7) is 2.12. The quantitative estimate of drug-likeness (QED) is 0.319. The number of esters is 1. The average molecular weight is 466 g/mol. The number of ether oxygens (including phenoxy) is 1. The van der Waals surface area contributed by atoms with E-state index in [1.165, 1.54) is 26.4 Å². The fourth-order valence-corrected chi connectivity index (χ4v) is 5.43. The molecule has 0 heterocycles. The lowest BCUT2D eigenvalue weighted by Crippen LogP contribution is -2.39. The van der Waals surface area contributed by atoms with E-state index < -0.39 is 5.97 Å². The number of hydrogen-bond acceptors (Lipinski definition) is 3. The van der Waals surface area contributed by atoms with Gasteiger partial charge in [0, 0.05) is 11.6 Å². The van der Waals surface area contributed by atoms with E-state index in [0.717, 1.165) is 39.9 Å². The molecule has 35 heavy (non-hydrogen) atoms. The van der Waals surface area contributed by atoms with Gasteiger partial charge in [0.25, 0.3) is 5.91 Å². The minimum absolute atomic E-state index is 0.0961.